The van der Waals surface area contributed by atoms with E-state index in [0.29, 0.717) is 18.7 Å². The average molecular weight is 381 g/mol. The molecule has 0 saturated heterocycles. The molecule has 1 aromatic heterocycles. The van der Waals surface area contributed by atoms with Gasteiger partial charge in [0.15, 0.2) is 5.75 Å². The third-order valence-corrected chi connectivity index (χ3v) is 3.91. The molecule has 0 radical (unpaired) electrons. The Hall–Kier alpha value is -2.31. The van der Waals surface area contributed by atoms with Crippen LogP contribution in [0.15, 0.2) is 47.4 Å². The van der Waals surface area contributed by atoms with E-state index >= 15 is 0 Å². The van der Waals surface area contributed by atoms with Crippen LogP contribution in [0.1, 0.15) is 31.0 Å². The van der Waals surface area contributed by atoms with E-state index in [2.05, 4.69) is 0 Å². The first kappa shape index (κ1) is 21.7. The monoisotopic (exact) mass is 380 g/mol. The van der Waals surface area contributed by atoms with Crippen LogP contribution < -0.4 is 11.2 Å². The maximum Gasteiger partial charge on any atom is 0.323 e. The van der Waals surface area contributed by atoms with E-state index in [-0.39, 0.29) is 24.8 Å². The summed E-state index contributed by atoms with van der Waals surface area (Å²) in [5.41, 5.74) is 6.90. The fourth-order valence-corrected chi connectivity index (χ4v) is 2.47. The van der Waals surface area contributed by atoms with Crippen LogP contribution >= 0.6 is 12.4 Å². The van der Waals surface area contributed by atoms with Crippen molar-refractivity contribution in [1.82, 2.24) is 4.57 Å². The van der Waals surface area contributed by atoms with Gasteiger partial charge >= 0.3 is 5.97 Å². The average Bonchev–Trinajstić information content (AvgIpc) is 2.61. The number of aryl methyl sites for hydroxylation is 1. The van der Waals surface area contributed by atoms with Crippen LogP contribution in [0.5, 0.6) is 5.75 Å². The van der Waals surface area contributed by atoms with Crippen LogP contribution in [0.4, 0.5) is 0 Å². The third kappa shape index (κ3) is 6.20. The maximum absolute atomic E-state index is 12.1. The van der Waals surface area contributed by atoms with Crippen LogP contribution in [-0.4, -0.2) is 21.7 Å². The molecule has 2 rings (SSSR count). The van der Waals surface area contributed by atoms with Gasteiger partial charge < -0.3 is 20.1 Å². The maximum atomic E-state index is 12.1. The number of ether oxygens (including phenoxy) is 1. The zero-order chi connectivity index (χ0) is 18.2. The predicted octanol–water partition coefficient (Wildman–Crippen LogP) is 2.39. The molecule has 0 aliphatic rings. The number of nitrogens with two attached hydrogens (primary N) is 1. The molecule has 0 spiro atoms. The first-order valence-corrected chi connectivity index (χ1v) is 8.39. The lowest BCUT2D eigenvalue weighted by Gasteiger charge is -2.15. The van der Waals surface area contributed by atoms with Crippen LogP contribution in [0.25, 0.3) is 0 Å². The van der Waals surface area contributed by atoms with Crippen LogP contribution in [-0.2, 0) is 29.1 Å². The van der Waals surface area contributed by atoms with Gasteiger partial charge in [0.1, 0.15) is 12.6 Å². The third-order valence-electron chi connectivity index (χ3n) is 3.91. The summed E-state index contributed by atoms with van der Waals surface area (Å²) in [6.45, 7) is 2.62. The molecular formula is C19H25ClN2O4. The highest BCUT2D eigenvalue weighted by Crippen LogP contribution is 2.10. The Balaban J connectivity index is 0.00000338. The van der Waals surface area contributed by atoms with Crippen molar-refractivity contribution in [3.05, 3.63) is 64.1 Å². The number of hydrogen-bond donors (Lipinski definition) is 2. The minimum Gasteiger partial charge on any atom is -0.503 e. The fraction of sp³-hybridized carbons (Fsp3) is 0.368. The molecule has 26 heavy (non-hydrogen) atoms. The second-order valence-electron chi connectivity index (χ2n) is 5.97. The lowest BCUT2D eigenvalue weighted by Crippen LogP contribution is -2.34. The molecule has 0 amide bonds. The molecule has 0 fully saturated rings. The Bertz CT molecular complexity index is 762. The largest absolute Gasteiger partial charge is 0.503 e. The summed E-state index contributed by atoms with van der Waals surface area (Å²) in [4.78, 5) is 23.8. The summed E-state index contributed by atoms with van der Waals surface area (Å²) in [6.07, 6.45) is 3.62. The number of esters is 1. The Morgan fingerprint density at radius 2 is 2.00 bits per heavy atom. The van der Waals surface area contributed by atoms with Gasteiger partial charge in [-0.2, -0.15) is 0 Å². The van der Waals surface area contributed by atoms with Crippen LogP contribution in [0.3, 0.4) is 0 Å². The minimum atomic E-state index is -0.768. The summed E-state index contributed by atoms with van der Waals surface area (Å²) in [5, 5.41) is 9.59. The van der Waals surface area contributed by atoms with Crippen molar-refractivity contribution in [2.45, 2.75) is 45.4 Å². The van der Waals surface area contributed by atoms with Crippen LogP contribution in [0, 0.1) is 0 Å². The summed E-state index contributed by atoms with van der Waals surface area (Å²) >= 11 is 0. The number of pyridine rings is 1. The van der Waals surface area contributed by atoms with Crippen molar-refractivity contribution in [2.75, 3.05) is 0 Å². The zero-order valence-electron chi connectivity index (χ0n) is 14.8. The molecule has 0 bridgehead atoms. The quantitative estimate of drug-likeness (QED) is 0.685. The van der Waals surface area contributed by atoms with Crippen molar-refractivity contribution in [1.29, 1.82) is 0 Å². The van der Waals surface area contributed by atoms with Crippen LogP contribution in [0.2, 0.25) is 0 Å². The number of aromatic hydroxyl groups is 1. The van der Waals surface area contributed by atoms with E-state index in [0.717, 1.165) is 18.4 Å². The summed E-state index contributed by atoms with van der Waals surface area (Å²) in [5.74, 6) is -0.835. The van der Waals surface area contributed by atoms with Gasteiger partial charge in [-0.15, -0.1) is 12.4 Å². The van der Waals surface area contributed by atoms with Gasteiger partial charge in [-0.1, -0.05) is 43.7 Å². The number of aromatic nitrogens is 1. The second-order valence-corrected chi connectivity index (χ2v) is 5.97. The Morgan fingerprint density at radius 1 is 1.31 bits per heavy atom. The van der Waals surface area contributed by atoms with E-state index in [9.17, 15) is 14.7 Å². The molecule has 0 saturated carbocycles. The SMILES string of the molecule is CCCCn1cc(O)c(=O)cc1COC(=O)[C@@H](N)Cc1ccccc1.Cl. The zero-order valence-corrected chi connectivity index (χ0v) is 15.6. The Kier molecular flexibility index (Phi) is 8.88. The predicted molar refractivity (Wildman–Crippen MR) is 102 cm³/mol. The van der Waals surface area contributed by atoms with Crippen molar-refractivity contribution in [3.63, 3.8) is 0 Å². The van der Waals surface area contributed by atoms with Gasteiger partial charge in [0.25, 0.3) is 0 Å². The van der Waals surface area contributed by atoms with Gasteiger partial charge in [0.2, 0.25) is 5.43 Å². The van der Waals surface area contributed by atoms with Gasteiger partial charge in [0, 0.05) is 12.6 Å². The first-order valence-electron chi connectivity index (χ1n) is 8.39. The smallest absolute Gasteiger partial charge is 0.323 e. The molecule has 0 aliphatic carbocycles. The molecule has 0 aliphatic heterocycles. The van der Waals surface area contributed by atoms with Crippen molar-refractivity contribution < 1.29 is 14.6 Å². The highest BCUT2D eigenvalue weighted by molar-refractivity contribution is 5.85. The van der Waals surface area contributed by atoms with E-state index < -0.39 is 17.4 Å². The van der Waals surface area contributed by atoms with Gasteiger partial charge in [-0.05, 0) is 18.4 Å². The van der Waals surface area contributed by atoms with Gasteiger partial charge in [-0.3, -0.25) is 9.59 Å². The standard InChI is InChI=1S/C19H24N2O4.ClH/c1-2-3-9-21-12-18(23)17(22)11-15(21)13-25-19(24)16(20)10-14-7-5-4-6-8-14;/h4-8,11-12,16,23H,2-3,9-10,13,20H2,1H3;1H/t16-;/m0./s1. The van der Waals surface area contributed by atoms with E-state index in [1.807, 2.05) is 37.3 Å². The highest BCUT2D eigenvalue weighted by Gasteiger charge is 2.17. The molecular weight excluding hydrogens is 356 g/mol. The number of benzene rings is 1. The van der Waals surface area contributed by atoms with Crippen molar-refractivity contribution in [3.8, 4) is 5.75 Å². The molecule has 0 unspecified atom stereocenters. The number of carbonyl (C=O) groups excluding carboxylic acids is 1. The highest BCUT2D eigenvalue weighted by atomic mass is 35.5. The lowest BCUT2D eigenvalue weighted by atomic mass is 10.1. The van der Waals surface area contributed by atoms with Gasteiger partial charge in [0.05, 0.1) is 11.9 Å². The van der Waals surface area contributed by atoms with Crippen molar-refractivity contribution >= 4 is 18.4 Å². The number of hydrogen-bond acceptors (Lipinski definition) is 5. The first-order chi connectivity index (χ1) is 12.0. The molecule has 142 valence electrons. The van der Waals surface area contributed by atoms with E-state index in [4.69, 9.17) is 10.5 Å². The number of rotatable bonds is 8. The molecule has 1 atom stereocenters. The molecule has 2 aromatic rings. The summed E-state index contributed by atoms with van der Waals surface area (Å²) < 4.78 is 7.00. The summed E-state index contributed by atoms with van der Waals surface area (Å²) in [6, 6.07) is 9.99. The molecule has 6 nitrogen and oxygen atoms in total. The Morgan fingerprint density at radius 3 is 2.65 bits per heavy atom. The topological polar surface area (TPSA) is 94.5 Å². The van der Waals surface area contributed by atoms with Crippen molar-refractivity contribution in [2.24, 2.45) is 5.73 Å². The molecule has 7 heteroatoms. The minimum absolute atomic E-state index is 0. The number of halogens is 1. The van der Waals surface area contributed by atoms with E-state index in [1.165, 1.54) is 12.3 Å². The molecule has 1 aromatic carbocycles. The fourth-order valence-electron chi connectivity index (χ4n) is 2.47. The lowest BCUT2D eigenvalue weighted by molar-refractivity contribution is -0.146. The molecule has 1 heterocycles. The molecule has 3 N–H and O–H groups in total. The normalized spacial score (nSPS) is 11.5. The number of unbranched alkanes of at least 4 members (excludes halogenated alkanes) is 1. The number of nitrogens with zero attached hydrogens (tertiary/aromatic N) is 1. The van der Waals surface area contributed by atoms with E-state index in [1.54, 1.807) is 4.57 Å². The second kappa shape index (κ2) is 10.6. The number of carbonyl (C=O) groups is 1. The summed E-state index contributed by atoms with van der Waals surface area (Å²) in [7, 11) is 0. The Labute approximate surface area is 159 Å². The van der Waals surface area contributed by atoms with Gasteiger partial charge in [-0.25, -0.2) is 0 Å².